The molecule has 11 nitrogen and oxygen atoms in total. The minimum absolute atomic E-state index is 0.289. The van der Waals surface area contributed by atoms with Crippen LogP contribution in [-0.2, 0) is 4.74 Å². The molecule has 1 aliphatic carbocycles. The van der Waals surface area contributed by atoms with Gasteiger partial charge in [0.25, 0.3) is 5.91 Å². The number of nitrogens with one attached hydrogen (secondary N) is 2. The van der Waals surface area contributed by atoms with Gasteiger partial charge in [0, 0.05) is 19.3 Å². The normalized spacial score (nSPS) is 17.6. The van der Waals surface area contributed by atoms with Crippen LogP contribution in [0.2, 0.25) is 0 Å². The van der Waals surface area contributed by atoms with E-state index in [2.05, 4.69) is 20.6 Å². The lowest BCUT2D eigenvalue weighted by Gasteiger charge is -2.32. The number of aliphatic hydroxyl groups excluding tert-OH is 1. The topological polar surface area (TPSA) is 134 Å². The Morgan fingerprint density at radius 2 is 2.06 bits per heavy atom. The van der Waals surface area contributed by atoms with Gasteiger partial charge in [-0.3, -0.25) is 14.1 Å². The minimum atomic E-state index is -0.688. The van der Waals surface area contributed by atoms with Crippen LogP contribution in [0.25, 0.3) is 16.7 Å². The van der Waals surface area contributed by atoms with Gasteiger partial charge in [-0.1, -0.05) is 6.07 Å². The van der Waals surface area contributed by atoms with Gasteiger partial charge in [-0.05, 0) is 51.8 Å². The molecular weight excluding hydrogens is 464 g/mol. The van der Waals surface area contributed by atoms with Crippen LogP contribution in [0.4, 0.5) is 22.1 Å². The Labute approximate surface area is 207 Å². The number of amides is 2. The third-order valence-corrected chi connectivity index (χ3v) is 6.03. The molecule has 36 heavy (non-hydrogen) atoms. The first kappa shape index (κ1) is 23.6. The number of fused-ring (bicyclic) bond motifs is 2. The highest BCUT2D eigenvalue weighted by Crippen LogP contribution is 2.29. The number of anilines is 3. The van der Waals surface area contributed by atoms with E-state index in [1.165, 1.54) is 11.3 Å². The first-order valence-electron chi connectivity index (χ1n) is 11.7. The summed E-state index contributed by atoms with van der Waals surface area (Å²) in [5, 5.41) is 16.0. The minimum Gasteiger partial charge on any atom is -0.443 e. The van der Waals surface area contributed by atoms with Gasteiger partial charge in [0.05, 0.1) is 23.4 Å². The Hall–Kier alpha value is -4.12. The maximum atomic E-state index is 13.1. The lowest BCUT2D eigenvalue weighted by molar-refractivity contribution is 0.0448. The van der Waals surface area contributed by atoms with E-state index in [4.69, 9.17) is 9.15 Å². The zero-order valence-electron chi connectivity index (χ0n) is 20.5. The molecule has 1 aromatic carbocycles. The Bertz CT molecular complexity index is 1450. The molecule has 2 atom stereocenters. The lowest BCUT2D eigenvalue weighted by atomic mass is 9.89. The van der Waals surface area contributed by atoms with Gasteiger partial charge >= 0.3 is 6.09 Å². The Balaban J connectivity index is 1.57. The predicted molar refractivity (Wildman–Crippen MR) is 134 cm³/mol. The number of oxazole rings is 1. The Kier molecular flexibility index (Phi) is 5.79. The summed E-state index contributed by atoms with van der Waals surface area (Å²) < 4.78 is 12.6. The van der Waals surface area contributed by atoms with Crippen molar-refractivity contribution in [3.05, 3.63) is 48.5 Å². The quantitative estimate of drug-likeness (QED) is 0.383. The summed E-state index contributed by atoms with van der Waals surface area (Å²) in [6, 6.07) is 8.49. The summed E-state index contributed by atoms with van der Waals surface area (Å²) in [6.45, 7) is 5.37. The van der Waals surface area contributed by atoms with Gasteiger partial charge in [-0.15, -0.1) is 0 Å². The molecule has 1 aliphatic rings. The van der Waals surface area contributed by atoms with Crippen LogP contribution in [-0.4, -0.2) is 56.3 Å². The van der Waals surface area contributed by atoms with Crippen molar-refractivity contribution in [2.45, 2.75) is 51.4 Å². The van der Waals surface area contributed by atoms with Gasteiger partial charge in [0.15, 0.2) is 17.6 Å². The summed E-state index contributed by atoms with van der Waals surface area (Å²) in [5.74, 6) is 0.474. The van der Waals surface area contributed by atoms with E-state index in [-0.39, 0.29) is 11.9 Å². The van der Waals surface area contributed by atoms with E-state index in [1.807, 2.05) is 12.1 Å². The average molecular weight is 493 g/mol. The molecule has 0 aliphatic heterocycles. The summed E-state index contributed by atoms with van der Waals surface area (Å²) in [5.41, 5.74) is 1.84. The molecule has 0 radical (unpaired) electrons. The second-order valence-electron chi connectivity index (χ2n) is 9.82. The maximum Gasteiger partial charge on any atom is 0.415 e. The summed E-state index contributed by atoms with van der Waals surface area (Å²) in [7, 11) is 1.59. The van der Waals surface area contributed by atoms with E-state index < -0.39 is 17.8 Å². The van der Waals surface area contributed by atoms with Gasteiger partial charge in [0.1, 0.15) is 22.8 Å². The first-order chi connectivity index (χ1) is 17.1. The van der Waals surface area contributed by atoms with Crippen molar-refractivity contribution in [2.24, 2.45) is 0 Å². The van der Waals surface area contributed by atoms with Gasteiger partial charge in [0.2, 0.25) is 0 Å². The van der Waals surface area contributed by atoms with Crippen molar-refractivity contribution in [2.75, 3.05) is 17.3 Å². The maximum absolute atomic E-state index is 13.1. The molecule has 0 spiro atoms. The monoisotopic (exact) mass is 492 g/mol. The molecule has 3 N–H and O–H groups in total. The molecule has 0 saturated heterocycles. The SMILES string of the molecule is CN(C(=O)OC(C)(C)C)c1cc(Nc2cccc3ocnc23)nc2c(C(=O)N[C@@H]3CC[C@H]3O)ccn12. The molecule has 11 heteroatoms. The van der Waals surface area contributed by atoms with Gasteiger partial charge < -0.3 is 24.9 Å². The van der Waals surface area contributed by atoms with E-state index >= 15 is 0 Å². The molecule has 0 unspecified atom stereocenters. The van der Waals surface area contributed by atoms with Gasteiger partial charge in [-0.2, -0.15) is 0 Å². The molecule has 3 aromatic heterocycles. The number of hydrogen-bond donors (Lipinski definition) is 3. The molecular formula is C25H28N6O5. The fraction of sp³-hybridized carbons (Fsp3) is 0.360. The number of aromatic nitrogens is 3. The molecule has 0 bridgehead atoms. The third kappa shape index (κ3) is 4.44. The number of hydrogen-bond acceptors (Lipinski definition) is 8. The average Bonchev–Trinajstić information content (AvgIpc) is 3.47. The zero-order valence-corrected chi connectivity index (χ0v) is 20.5. The molecule has 4 aromatic rings. The highest BCUT2D eigenvalue weighted by atomic mass is 16.6. The van der Waals surface area contributed by atoms with Gasteiger partial charge in [-0.25, -0.2) is 14.8 Å². The van der Waals surface area contributed by atoms with E-state index in [9.17, 15) is 14.7 Å². The number of aliphatic hydroxyl groups is 1. The fourth-order valence-electron chi connectivity index (χ4n) is 4.01. The summed E-state index contributed by atoms with van der Waals surface area (Å²) in [4.78, 5) is 36.3. The fourth-order valence-corrected chi connectivity index (χ4v) is 4.01. The summed E-state index contributed by atoms with van der Waals surface area (Å²) in [6.07, 6.45) is 3.30. The second-order valence-corrected chi connectivity index (χ2v) is 9.82. The van der Waals surface area contributed by atoms with E-state index in [0.29, 0.717) is 52.5 Å². The van der Waals surface area contributed by atoms with E-state index in [1.54, 1.807) is 56.6 Å². The van der Waals surface area contributed by atoms with Crippen molar-refractivity contribution in [1.29, 1.82) is 0 Å². The molecule has 1 fully saturated rings. The van der Waals surface area contributed by atoms with Crippen molar-refractivity contribution in [3.8, 4) is 0 Å². The molecule has 1 saturated carbocycles. The standard InChI is InChI=1S/C25H28N6O5/c1-25(2,3)36-24(34)30(4)20-12-19(27-16-6-5-7-18-21(16)26-13-35-18)29-22-14(10-11-31(20)22)23(33)28-15-8-9-17(15)32/h5-7,10-13,15,17,32H,8-9H2,1-4H3,(H,27,29)(H,28,33)/t15-,17-/m1/s1. The molecule has 188 valence electrons. The predicted octanol–water partition coefficient (Wildman–Crippen LogP) is 3.84. The van der Waals surface area contributed by atoms with E-state index in [0.717, 1.165) is 0 Å². The van der Waals surface area contributed by atoms with Crippen LogP contribution in [0.5, 0.6) is 0 Å². The van der Waals surface area contributed by atoms with Crippen LogP contribution in [0.1, 0.15) is 44.0 Å². The third-order valence-electron chi connectivity index (χ3n) is 6.03. The van der Waals surface area contributed by atoms with Crippen LogP contribution >= 0.6 is 0 Å². The molecule has 5 rings (SSSR count). The van der Waals surface area contributed by atoms with Crippen LogP contribution in [0, 0.1) is 0 Å². The van der Waals surface area contributed by atoms with Crippen molar-refractivity contribution in [1.82, 2.24) is 19.7 Å². The van der Waals surface area contributed by atoms with Crippen molar-refractivity contribution < 1.29 is 23.8 Å². The number of rotatable bonds is 5. The van der Waals surface area contributed by atoms with Crippen LogP contribution in [0.15, 0.2) is 47.3 Å². The number of carbonyl (C=O) groups is 2. The zero-order chi connectivity index (χ0) is 25.6. The Morgan fingerprint density at radius 3 is 2.75 bits per heavy atom. The lowest BCUT2D eigenvalue weighted by Crippen LogP contribution is -2.50. The molecule has 2 amide bonds. The molecule has 3 heterocycles. The smallest absolute Gasteiger partial charge is 0.415 e. The number of nitrogens with zero attached hydrogens (tertiary/aromatic N) is 4. The van der Waals surface area contributed by atoms with Crippen molar-refractivity contribution in [3.63, 3.8) is 0 Å². The van der Waals surface area contributed by atoms with Crippen molar-refractivity contribution >= 4 is 46.1 Å². The second kappa shape index (κ2) is 8.83. The highest BCUT2D eigenvalue weighted by Gasteiger charge is 2.31. The summed E-state index contributed by atoms with van der Waals surface area (Å²) >= 11 is 0. The number of carbonyl (C=O) groups excluding carboxylic acids is 2. The largest absolute Gasteiger partial charge is 0.443 e. The number of ether oxygens (including phenoxy) is 1. The first-order valence-corrected chi connectivity index (χ1v) is 11.7. The number of para-hydroxylation sites is 1. The highest BCUT2D eigenvalue weighted by molar-refractivity contribution is 6.01. The van der Waals surface area contributed by atoms with Crippen LogP contribution in [0.3, 0.4) is 0 Å². The number of benzene rings is 1. The van der Waals surface area contributed by atoms with Crippen LogP contribution < -0.4 is 15.5 Å². The Morgan fingerprint density at radius 1 is 1.25 bits per heavy atom.